The van der Waals surface area contributed by atoms with Crippen LogP contribution in [0.15, 0.2) is 24.3 Å². The van der Waals surface area contributed by atoms with Crippen molar-refractivity contribution in [3.05, 3.63) is 29.8 Å². The fourth-order valence-corrected chi connectivity index (χ4v) is 6.01. The van der Waals surface area contributed by atoms with Gasteiger partial charge in [0.25, 0.3) is 0 Å². The van der Waals surface area contributed by atoms with E-state index >= 15 is 0 Å². The van der Waals surface area contributed by atoms with Crippen LogP contribution in [0.3, 0.4) is 0 Å². The summed E-state index contributed by atoms with van der Waals surface area (Å²) in [5.74, 6) is -0.278. The van der Waals surface area contributed by atoms with E-state index in [9.17, 15) is 13.2 Å². The standard InChI is InChI=1S/C17H24ClN3O3S/c1-13-4-2-3-5-16(13)21-8-6-20(7-9-21)10-17(22)19-15-12-25(23,24)11-14(15)18/h2-5,14-15H,6-12H2,1H3,(H,19,22)/t14-,15+/m1/s1. The van der Waals surface area contributed by atoms with Crippen molar-refractivity contribution in [2.45, 2.75) is 18.3 Å². The van der Waals surface area contributed by atoms with E-state index in [2.05, 4.69) is 34.2 Å². The number of nitrogens with zero attached hydrogens (tertiary/aromatic N) is 2. The number of halogens is 1. The Balaban J connectivity index is 1.48. The maximum atomic E-state index is 12.2. The Hall–Kier alpha value is -1.31. The summed E-state index contributed by atoms with van der Waals surface area (Å²) in [6.07, 6.45) is 0. The topological polar surface area (TPSA) is 69.7 Å². The lowest BCUT2D eigenvalue weighted by molar-refractivity contribution is -0.122. The Bertz CT molecular complexity index is 732. The molecule has 2 saturated heterocycles. The number of aryl methyl sites for hydroxylation is 1. The molecule has 2 atom stereocenters. The number of benzene rings is 1. The lowest BCUT2D eigenvalue weighted by Gasteiger charge is -2.36. The third-order valence-corrected chi connectivity index (χ3v) is 7.20. The number of para-hydroxylation sites is 1. The number of sulfone groups is 1. The number of amides is 1. The molecule has 25 heavy (non-hydrogen) atoms. The van der Waals surface area contributed by atoms with Crippen molar-refractivity contribution in [2.75, 3.05) is 49.1 Å². The van der Waals surface area contributed by atoms with Gasteiger partial charge in [0.05, 0.1) is 29.5 Å². The van der Waals surface area contributed by atoms with Crippen LogP contribution >= 0.6 is 11.6 Å². The molecule has 0 aliphatic carbocycles. The van der Waals surface area contributed by atoms with Crippen LogP contribution in [0, 0.1) is 6.92 Å². The largest absolute Gasteiger partial charge is 0.369 e. The first-order chi connectivity index (χ1) is 11.8. The van der Waals surface area contributed by atoms with Gasteiger partial charge in [-0.15, -0.1) is 11.6 Å². The van der Waals surface area contributed by atoms with E-state index in [-0.39, 0.29) is 24.0 Å². The smallest absolute Gasteiger partial charge is 0.234 e. The van der Waals surface area contributed by atoms with Crippen molar-refractivity contribution in [3.8, 4) is 0 Å². The van der Waals surface area contributed by atoms with Crippen molar-refractivity contribution < 1.29 is 13.2 Å². The molecular weight excluding hydrogens is 362 g/mol. The van der Waals surface area contributed by atoms with Gasteiger partial charge in [-0.1, -0.05) is 18.2 Å². The summed E-state index contributed by atoms with van der Waals surface area (Å²) in [7, 11) is -3.13. The summed E-state index contributed by atoms with van der Waals surface area (Å²) in [5, 5.41) is 2.24. The molecule has 2 aliphatic rings. The van der Waals surface area contributed by atoms with E-state index in [0.29, 0.717) is 0 Å². The highest BCUT2D eigenvalue weighted by molar-refractivity contribution is 7.91. The first-order valence-corrected chi connectivity index (χ1v) is 10.8. The molecule has 1 amide bonds. The van der Waals surface area contributed by atoms with Crippen molar-refractivity contribution in [1.82, 2.24) is 10.2 Å². The summed E-state index contributed by atoms with van der Waals surface area (Å²) in [6, 6.07) is 7.83. The SMILES string of the molecule is Cc1ccccc1N1CCN(CC(=O)N[C@H]2CS(=O)(=O)C[C@H]2Cl)CC1. The average Bonchev–Trinajstić information content (AvgIpc) is 2.80. The third-order valence-electron chi connectivity index (χ3n) is 4.83. The zero-order chi connectivity index (χ0) is 18.0. The van der Waals surface area contributed by atoms with Crippen LogP contribution in [-0.2, 0) is 14.6 Å². The molecule has 1 N–H and O–H groups in total. The predicted molar refractivity (Wildman–Crippen MR) is 100 cm³/mol. The van der Waals surface area contributed by atoms with Gasteiger partial charge in [-0.25, -0.2) is 8.42 Å². The molecule has 2 aliphatic heterocycles. The second-order valence-corrected chi connectivity index (χ2v) is 9.53. The van der Waals surface area contributed by atoms with Crippen LogP contribution in [0.25, 0.3) is 0 Å². The number of carbonyl (C=O) groups excluding carboxylic acids is 1. The molecule has 8 heteroatoms. The number of carbonyl (C=O) groups is 1. The summed E-state index contributed by atoms with van der Waals surface area (Å²) in [5.41, 5.74) is 2.50. The first kappa shape index (κ1) is 18.5. The molecule has 0 saturated carbocycles. The molecule has 0 radical (unpaired) electrons. The van der Waals surface area contributed by atoms with Crippen LogP contribution in [0.2, 0.25) is 0 Å². The molecule has 2 heterocycles. The highest BCUT2D eigenvalue weighted by atomic mass is 35.5. The van der Waals surface area contributed by atoms with E-state index in [1.165, 1.54) is 11.3 Å². The number of anilines is 1. The second kappa shape index (κ2) is 7.51. The van der Waals surface area contributed by atoms with Gasteiger partial charge >= 0.3 is 0 Å². The highest BCUT2D eigenvalue weighted by Gasteiger charge is 2.37. The Morgan fingerprint density at radius 2 is 1.88 bits per heavy atom. The first-order valence-electron chi connectivity index (χ1n) is 8.51. The third kappa shape index (κ3) is 4.65. The van der Waals surface area contributed by atoms with Crippen LogP contribution in [-0.4, -0.2) is 74.9 Å². The van der Waals surface area contributed by atoms with Crippen LogP contribution in [0.5, 0.6) is 0 Å². The van der Waals surface area contributed by atoms with Crippen molar-refractivity contribution >= 4 is 33.0 Å². The number of nitrogens with one attached hydrogen (secondary N) is 1. The van der Waals surface area contributed by atoms with Gasteiger partial charge in [0.15, 0.2) is 9.84 Å². The maximum absolute atomic E-state index is 12.2. The maximum Gasteiger partial charge on any atom is 0.234 e. The summed E-state index contributed by atoms with van der Waals surface area (Å²) in [4.78, 5) is 16.6. The molecule has 138 valence electrons. The molecule has 0 spiro atoms. The van der Waals surface area contributed by atoms with Crippen molar-refractivity contribution in [2.24, 2.45) is 0 Å². The number of hydrogen-bond donors (Lipinski definition) is 1. The lowest BCUT2D eigenvalue weighted by Crippen LogP contribution is -2.51. The Labute approximate surface area is 154 Å². The van der Waals surface area contributed by atoms with Gasteiger partial charge in [0, 0.05) is 31.9 Å². The molecule has 0 unspecified atom stereocenters. The van der Waals surface area contributed by atoms with Gasteiger partial charge in [-0.05, 0) is 18.6 Å². The normalized spacial score (nSPS) is 26.6. The summed E-state index contributed by atoms with van der Waals surface area (Å²) in [6.45, 7) is 5.72. The van der Waals surface area contributed by atoms with E-state index in [1.54, 1.807) is 0 Å². The van der Waals surface area contributed by atoms with Gasteiger partial charge in [-0.2, -0.15) is 0 Å². The Kier molecular flexibility index (Phi) is 5.55. The second-order valence-electron chi connectivity index (χ2n) is 6.82. The number of piperazine rings is 1. The summed E-state index contributed by atoms with van der Waals surface area (Å²) >= 11 is 6.04. The number of alkyl halides is 1. The van der Waals surface area contributed by atoms with Gasteiger partial charge < -0.3 is 10.2 Å². The van der Waals surface area contributed by atoms with Gasteiger partial charge in [0.2, 0.25) is 5.91 Å². The monoisotopic (exact) mass is 385 g/mol. The molecule has 0 bridgehead atoms. The average molecular weight is 386 g/mol. The number of hydrogen-bond acceptors (Lipinski definition) is 5. The van der Waals surface area contributed by atoms with E-state index in [0.717, 1.165) is 26.2 Å². The minimum Gasteiger partial charge on any atom is -0.369 e. The van der Waals surface area contributed by atoms with Crippen LogP contribution in [0.1, 0.15) is 5.56 Å². The quantitative estimate of drug-likeness (QED) is 0.770. The zero-order valence-electron chi connectivity index (χ0n) is 14.3. The van der Waals surface area contributed by atoms with E-state index < -0.39 is 21.3 Å². The highest BCUT2D eigenvalue weighted by Crippen LogP contribution is 2.21. The van der Waals surface area contributed by atoms with E-state index in [1.807, 2.05) is 12.1 Å². The molecule has 2 fully saturated rings. The van der Waals surface area contributed by atoms with Gasteiger partial charge in [0.1, 0.15) is 0 Å². The minimum atomic E-state index is -3.13. The van der Waals surface area contributed by atoms with E-state index in [4.69, 9.17) is 11.6 Å². The Morgan fingerprint density at radius 1 is 1.20 bits per heavy atom. The predicted octanol–water partition coefficient (Wildman–Crippen LogP) is 0.638. The Morgan fingerprint density at radius 3 is 2.48 bits per heavy atom. The molecule has 1 aromatic carbocycles. The molecule has 0 aromatic heterocycles. The van der Waals surface area contributed by atoms with Crippen molar-refractivity contribution in [1.29, 1.82) is 0 Å². The summed E-state index contributed by atoms with van der Waals surface area (Å²) < 4.78 is 23.1. The molecular formula is C17H24ClN3O3S. The lowest BCUT2D eigenvalue weighted by atomic mass is 10.1. The van der Waals surface area contributed by atoms with Crippen LogP contribution < -0.4 is 10.2 Å². The fraction of sp³-hybridized carbons (Fsp3) is 0.588. The fourth-order valence-electron chi connectivity index (χ4n) is 3.46. The minimum absolute atomic E-state index is 0.0609. The molecule has 6 nitrogen and oxygen atoms in total. The van der Waals surface area contributed by atoms with Crippen molar-refractivity contribution in [3.63, 3.8) is 0 Å². The zero-order valence-corrected chi connectivity index (χ0v) is 15.9. The molecule has 1 aromatic rings. The van der Waals surface area contributed by atoms with Crippen LogP contribution in [0.4, 0.5) is 5.69 Å². The van der Waals surface area contributed by atoms with Gasteiger partial charge in [-0.3, -0.25) is 9.69 Å². The molecule has 3 rings (SSSR count). The number of rotatable bonds is 4.